The van der Waals surface area contributed by atoms with E-state index in [1.807, 2.05) is 0 Å². The van der Waals surface area contributed by atoms with E-state index in [0.717, 1.165) is 0 Å². The fourth-order valence-electron chi connectivity index (χ4n) is 1.62. The third kappa shape index (κ3) is 5.78. The third-order valence-electron chi connectivity index (χ3n) is 2.81. The summed E-state index contributed by atoms with van der Waals surface area (Å²) in [4.78, 5) is 23.5. The number of nitrogens with one attached hydrogen (secondary N) is 2. The average Bonchev–Trinajstić information content (AvgIpc) is 2.50. The lowest BCUT2D eigenvalue weighted by molar-refractivity contribution is -0.184. The molecule has 6 nitrogen and oxygen atoms in total. The summed E-state index contributed by atoms with van der Waals surface area (Å²) in [5, 5.41) is 4.80. The molecule has 23 heavy (non-hydrogen) atoms. The van der Waals surface area contributed by atoms with Crippen molar-refractivity contribution >= 4 is 17.5 Å². The van der Waals surface area contributed by atoms with Crippen LogP contribution in [0.5, 0.6) is 5.75 Å². The molecule has 0 radical (unpaired) electrons. The third-order valence-corrected chi connectivity index (χ3v) is 2.81. The molecule has 1 aromatic carbocycles. The van der Waals surface area contributed by atoms with Crippen LogP contribution in [-0.4, -0.2) is 44.9 Å². The summed E-state index contributed by atoms with van der Waals surface area (Å²) < 4.78 is 45.8. The molecule has 128 valence electrons. The predicted molar refractivity (Wildman–Crippen MR) is 76.5 cm³/mol. The zero-order chi connectivity index (χ0) is 17.6. The number of carbonyl (C=O) groups is 2. The van der Waals surface area contributed by atoms with Gasteiger partial charge in [0, 0.05) is 12.6 Å². The number of anilines is 1. The SMILES string of the molecule is CNC(=O)c1ccc(OC)c(NC(=O)C(C)OCC(F)(F)F)c1. The van der Waals surface area contributed by atoms with E-state index in [2.05, 4.69) is 15.4 Å². The van der Waals surface area contributed by atoms with Crippen molar-refractivity contribution in [2.75, 3.05) is 26.1 Å². The number of rotatable bonds is 6. The van der Waals surface area contributed by atoms with Crippen molar-refractivity contribution in [1.29, 1.82) is 0 Å². The van der Waals surface area contributed by atoms with Crippen LogP contribution in [0.15, 0.2) is 18.2 Å². The Bertz CT molecular complexity index is 576. The molecular formula is C14H17F3N2O4. The van der Waals surface area contributed by atoms with E-state index in [-0.39, 0.29) is 22.9 Å². The van der Waals surface area contributed by atoms with E-state index < -0.39 is 24.8 Å². The van der Waals surface area contributed by atoms with E-state index in [1.54, 1.807) is 0 Å². The van der Waals surface area contributed by atoms with E-state index in [9.17, 15) is 22.8 Å². The molecule has 0 saturated heterocycles. The van der Waals surface area contributed by atoms with Crippen molar-refractivity contribution in [3.05, 3.63) is 23.8 Å². The van der Waals surface area contributed by atoms with E-state index in [4.69, 9.17) is 4.74 Å². The number of methoxy groups -OCH3 is 1. The van der Waals surface area contributed by atoms with Gasteiger partial charge in [0.2, 0.25) is 0 Å². The van der Waals surface area contributed by atoms with Gasteiger partial charge in [-0.25, -0.2) is 0 Å². The molecule has 1 atom stereocenters. The molecule has 0 aromatic heterocycles. The van der Waals surface area contributed by atoms with Gasteiger partial charge in [-0.15, -0.1) is 0 Å². The van der Waals surface area contributed by atoms with Gasteiger partial charge in [0.15, 0.2) is 0 Å². The smallest absolute Gasteiger partial charge is 0.411 e. The molecular weight excluding hydrogens is 317 g/mol. The normalized spacial score (nSPS) is 12.4. The van der Waals surface area contributed by atoms with Crippen LogP contribution < -0.4 is 15.4 Å². The van der Waals surface area contributed by atoms with Gasteiger partial charge >= 0.3 is 6.18 Å². The predicted octanol–water partition coefficient (Wildman–Crippen LogP) is 1.96. The maximum Gasteiger partial charge on any atom is 0.411 e. The van der Waals surface area contributed by atoms with Crippen LogP contribution in [0.3, 0.4) is 0 Å². The molecule has 0 bridgehead atoms. The molecule has 2 N–H and O–H groups in total. The van der Waals surface area contributed by atoms with Crippen molar-refractivity contribution in [3.63, 3.8) is 0 Å². The minimum atomic E-state index is -4.52. The largest absolute Gasteiger partial charge is 0.495 e. The van der Waals surface area contributed by atoms with Crippen LogP contribution in [0.1, 0.15) is 17.3 Å². The summed E-state index contributed by atoms with van der Waals surface area (Å²) in [6, 6.07) is 4.30. The van der Waals surface area contributed by atoms with Gasteiger partial charge in [-0.1, -0.05) is 0 Å². The lowest BCUT2D eigenvalue weighted by atomic mass is 10.1. The monoisotopic (exact) mass is 334 g/mol. The first-order chi connectivity index (χ1) is 10.7. The number of alkyl halides is 3. The second-order valence-corrected chi connectivity index (χ2v) is 4.55. The van der Waals surface area contributed by atoms with Gasteiger partial charge in [0.25, 0.3) is 11.8 Å². The lowest BCUT2D eigenvalue weighted by Crippen LogP contribution is -2.31. The minimum Gasteiger partial charge on any atom is -0.495 e. The highest BCUT2D eigenvalue weighted by molar-refractivity contribution is 5.99. The molecule has 0 spiro atoms. The molecule has 0 aliphatic heterocycles. The zero-order valence-electron chi connectivity index (χ0n) is 12.8. The molecule has 1 aromatic rings. The van der Waals surface area contributed by atoms with Gasteiger partial charge in [-0.3, -0.25) is 9.59 Å². The molecule has 0 aliphatic rings. The summed E-state index contributed by atoms with van der Waals surface area (Å²) in [7, 11) is 2.80. The fraction of sp³-hybridized carbons (Fsp3) is 0.429. The Balaban J connectivity index is 2.85. The van der Waals surface area contributed by atoms with E-state index >= 15 is 0 Å². The van der Waals surface area contributed by atoms with Gasteiger partial charge in [-0.05, 0) is 25.1 Å². The summed E-state index contributed by atoms with van der Waals surface area (Å²) in [6.07, 6.45) is -5.85. The van der Waals surface area contributed by atoms with E-state index in [0.29, 0.717) is 0 Å². The van der Waals surface area contributed by atoms with Crippen LogP contribution in [-0.2, 0) is 9.53 Å². The van der Waals surface area contributed by atoms with Crippen molar-refractivity contribution in [2.24, 2.45) is 0 Å². The summed E-state index contributed by atoms with van der Waals surface area (Å²) in [5.41, 5.74) is 0.411. The zero-order valence-corrected chi connectivity index (χ0v) is 12.8. The molecule has 0 heterocycles. The first kappa shape index (κ1) is 18.8. The highest BCUT2D eigenvalue weighted by Crippen LogP contribution is 2.26. The Hall–Kier alpha value is -2.29. The number of ether oxygens (including phenoxy) is 2. The van der Waals surface area contributed by atoms with Gasteiger partial charge in [-0.2, -0.15) is 13.2 Å². The first-order valence-corrected chi connectivity index (χ1v) is 6.57. The molecule has 0 fully saturated rings. The van der Waals surface area contributed by atoms with Crippen molar-refractivity contribution in [1.82, 2.24) is 5.32 Å². The molecule has 9 heteroatoms. The molecule has 1 rings (SSSR count). The molecule has 0 saturated carbocycles. The van der Waals surface area contributed by atoms with Crippen LogP contribution in [0.2, 0.25) is 0 Å². The summed E-state index contributed by atoms with van der Waals surface area (Å²) in [6.45, 7) is -0.340. The van der Waals surface area contributed by atoms with Crippen LogP contribution >= 0.6 is 0 Å². The standard InChI is InChI=1S/C14H17F3N2O4/c1-8(23-7-14(15,16)17)12(20)19-10-6-9(13(21)18-2)4-5-11(10)22-3/h4-6,8H,7H2,1-3H3,(H,18,21)(H,19,20). The minimum absolute atomic E-state index is 0.154. The highest BCUT2D eigenvalue weighted by atomic mass is 19.4. The Kier molecular flexibility index (Phi) is 6.38. The maximum atomic E-state index is 12.1. The molecule has 2 amide bonds. The van der Waals surface area contributed by atoms with Gasteiger partial charge < -0.3 is 20.1 Å². The van der Waals surface area contributed by atoms with Crippen LogP contribution in [0, 0.1) is 0 Å². The quantitative estimate of drug-likeness (QED) is 0.834. The van der Waals surface area contributed by atoms with Crippen molar-refractivity contribution in [3.8, 4) is 5.75 Å². The van der Waals surface area contributed by atoms with Crippen molar-refractivity contribution in [2.45, 2.75) is 19.2 Å². The van der Waals surface area contributed by atoms with Gasteiger partial charge in [0.05, 0.1) is 12.8 Å². The van der Waals surface area contributed by atoms with Crippen LogP contribution in [0.4, 0.5) is 18.9 Å². The summed E-state index contributed by atoms with van der Waals surface area (Å²) in [5.74, 6) is -0.917. The molecule has 1 unspecified atom stereocenters. The fourth-order valence-corrected chi connectivity index (χ4v) is 1.62. The lowest BCUT2D eigenvalue weighted by Gasteiger charge is -2.16. The Morgan fingerprint density at radius 1 is 1.30 bits per heavy atom. The Labute approximate surface area is 130 Å². The second kappa shape index (κ2) is 7.82. The van der Waals surface area contributed by atoms with Gasteiger partial charge in [0.1, 0.15) is 18.5 Å². The Morgan fingerprint density at radius 2 is 1.96 bits per heavy atom. The van der Waals surface area contributed by atoms with Crippen LogP contribution in [0.25, 0.3) is 0 Å². The maximum absolute atomic E-state index is 12.1. The number of carbonyl (C=O) groups excluding carboxylic acids is 2. The average molecular weight is 334 g/mol. The molecule has 0 aliphatic carbocycles. The number of hydrogen-bond acceptors (Lipinski definition) is 4. The number of amides is 2. The first-order valence-electron chi connectivity index (χ1n) is 6.57. The number of halogens is 3. The van der Waals surface area contributed by atoms with E-state index in [1.165, 1.54) is 39.3 Å². The summed E-state index contributed by atoms with van der Waals surface area (Å²) >= 11 is 0. The topological polar surface area (TPSA) is 76.7 Å². The number of hydrogen-bond donors (Lipinski definition) is 2. The number of benzene rings is 1. The highest BCUT2D eigenvalue weighted by Gasteiger charge is 2.30. The van der Waals surface area contributed by atoms with Crippen molar-refractivity contribution < 1.29 is 32.2 Å². The second-order valence-electron chi connectivity index (χ2n) is 4.55. The Morgan fingerprint density at radius 3 is 2.48 bits per heavy atom.